The maximum absolute atomic E-state index is 12.5. The van der Waals surface area contributed by atoms with Gasteiger partial charge >= 0.3 is 0 Å². The fourth-order valence-electron chi connectivity index (χ4n) is 2.86. The molecular formula is C17H17N5O3. The highest BCUT2D eigenvalue weighted by Gasteiger charge is 2.27. The second-order valence-electron chi connectivity index (χ2n) is 5.81. The van der Waals surface area contributed by atoms with Crippen molar-refractivity contribution in [1.29, 1.82) is 0 Å². The van der Waals surface area contributed by atoms with Gasteiger partial charge in [0.1, 0.15) is 18.1 Å². The third-order valence-electron chi connectivity index (χ3n) is 4.02. The summed E-state index contributed by atoms with van der Waals surface area (Å²) in [5, 5.41) is 10.8. The van der Waals surface area contributed by atoms with Crippen LogP contribution in [-0.4, -0.2) is 32.4 Å². The van der Waals surface area contributed by atoms with Gasteiger partial charge in [0.25, 0.3) is 5.91 Å². The number of aromatic nitrogens is 4. The molecule has 4 rings (SSSR count). The average Bonchev–Trinajstić information content (AvgIpc) is 3.33. The van der Waals surface area contributed by atoms with E-state index in [9.17, 15) is 4.79 Å². The number of hydrogen-bond acceptors (Lipinski definition) is 6. The Balaban J connectivity index is 1.54. The van der Waals surface area contributed by atoms with Crippen LogP contribution < -0.4 is 10.1 Å². The van der Waals surface area contributed by atoms with E-state index in [2.05, 4.69) is 20.6 Å². The molecule has 0 spiro atoms. The summed E-state index contributed by atoms with van der Waals surface area (Å²) in [4.78, 5) is 16.4. The molecule has 0 saturated heterocycles. The number of rotatable bonds is 3. The lowest BCUT2D eigenvalue weighted by Gasteiger charge is -2.11. The molecule has 3 aromatic rings. The number of hydrogen-bond donors (Lipinski definition) is 1. The van der Waals surface area contributed by atoms with Crippen molar-refractivity contribution < 1.29 is 18.2 Å². The van der Waals surface area contributed by atoms with E-state index in [-0.39, 0.29) is 24.4 Å². The largest absolute Gasteiger partial charge is 0.491 e. The first-order valence-electron chi connectivity index (χ1n) is 9.15. The number of nitrogens with zero attached hydrogens (tertiary/aromatic N) is 4. The SMILES string of the molecule is [2H]C([2H])([2H])c1nc(-c2ccc3c(c2)OC[C@H]3NC(=O)c2cc(C)nn2C)no1. The Morgan fingerprint density at radius 1 is 1.44 bits per heavy atom. The molecule has 8 heteroatoms. The summed E-state index contributed by atoms with van der Waals surface area (Å²) < 4.78 is 34.0. The zero-order valence-corrected chi connectivity index (χ0v) is 13.6. The van der Waals surface area contributed by atoms with Crippen LogP contribution in [0.4, 0.5) is 0 Å². The van der Waals surface area contributed by atoms with Crippen molar-refractivity contribution in [1.82, 2.24) is 25.2 Å². The maximum atomic E-state index is 12.5. The van der Waals surface area contributed by atoms with E-state index >= 15 is 0 Å². The molecule has 25 heavy (non-hydrogen) atoms. The van der Waals surface area contributed by atoms with Gasteiger partial charge in [-0.15, -0.1) is 0 Å². The number of aryl methyl sites for hydroxylation is 3. The van der Waals surface area contributed by atoms with E-state index in [1.54, 1.807) is 31.3 Å². The molecule has 2 aromatic heterocycles. The van der Waals surface area contributed by atoms with Crippen molar-refractivity contribution in [3.05, 3.63) is 47.1 Å². The Hall–Kier alpha value is -3.16. The van der Waals surface area contributed by atoms with Gasteiger partial charge < -0.3 is 14.6 Å². The molecule has 0 saturated carbocycles. The molecular weight excluding hydrogens is 322 g/mol. The number of carbonyl (C=O) groups excluding carboxylic acids is 1. The summed E-state index contributed by atoms with van der Waals surface area (Å²) in [6.45, 7) is -0.353. The van der Waals surface area contributed by atoms with Crippen molar-refractivity contribution in [2.45, 2.75) is 19.8 Å². The highest BCUT2D eigenvalue weighted by atomic mass is 16.5. The minimum Gasteiger partial charge on any atom is -0.491 e. The van der Waals surface area contributed by atoms with Crippen molar-refractivity contribution in [2.24, 2.45) is 7.05 Å². The zero-order valence-electron chi connectivity index (χ0n) is 16.6. The minimum atomic E-state index is -2.46. The molecule has 0 aliphatic carbocycles. The Kier molecular flexibility index (Phi) is 2.80. The van der Waals surface area contributed by atoms with Gasteiger partial charge in [0, 0.05) is 29.1 Å². The molecule has 1 N–H and O–H groups in total. The predicted octanol–water partition coefficient (Wildman–Crippen LogP) is 1.95. The summed E-state index contributed by atoms with van der Waals surface area (Å²) in [7, 11) is 1.71. The number of amides is 1. The fraction of sp³-hybridized carbons (Fsp3) is 0.294. The molecule has 128 valence electrons. The maximum Gasteiger partial charge on any atom is 0.270 e. The van der Waals surface area contributed by atoms with Gasteiger partial charge in [-0.1, -0.05) is 17.3 Å². The fourth-order valence-corrected chi connectivity index (χ4v) is 2.86. The predicted molar refractivity (Wildman–Crippen MR) is 88.1 cm³/mol. The average molecular weight is 342 g/mol. The van der Waals surface area contributed by atoms with Crippen LogP contribution in [0.2, 0.25) is 0 Å². The molecule has 1 aliphatic heterocycles. The minimum absolute atomic E-state index is 0.162. The van der Waals surface area contributed by atoms with Crippen LogP contribution in [0.25, 0.3) is 11.4 Å². The third-order valence-corrected chi connectivity index (χ3v) is 4.02. The number of nitrogens with one attached hydrogen (secondary N) is 1. The first-order chi connectivity index (χ1) is 13.2. The van der Waals surface area contributed by atoms with Gasteiger partial charge in [0.15, 0.2) is 0 Å². The lowest BCUT2D eigenvalue weighted by molar-refractivity contribution is 0.0920. The van der Waals surface area contributed by atoms with Gasteiger partial charge in [-0.05, 0) is 19.1 Å². The number of fused-ring (bicyclic) bond motifs is 1. The first-order valence-corrected chi connectivity index (χ1v) is 7.65. The van der Waals surface area contributed by atoms with E-state index in [1.807, 2.05) is 6.92 Å². The van der Waals surface area contributed by atoms with E-state index in [0.717, 1.165) is 11.3 Å². The molecule has 1 aromatic carbocycles. The van der Waals surface area contributed by atoms with Gasteiger partial charge in [0.2, 0.25) is 11.7 Å². The molecule has 1 aliphatic rings. The Labute approximate surface area is 148 Å². The summed E-state index contributed by atoms with van der Waals surface area (Å²) in [6.07, 6.45) is 0. The van der Waals surface area contributed by atoms with Crippen molar-refractivity contribution in [2.75, 3.05) is 6.61 Å². The van der Waals surface area contributed by atoms with Gasteiger partial charge in [-0.25, -0.2) is 0 Å². The summed E-state index contributed by atoms with van der Waals surface area (Å²) >= 11 is 0. The highest BCUT2D eigenvalue weighted by molar-refractivity contribution is 5.93. The quantitative estimate of drug-likeness (QED) is 0.782. The van der Waals surface area contributed by atoms with Gasteiger partial charge in [-0.2, -0.15) is 10.1 Å². The molecule has 0 unspecified atom stereocenters. The van der Waals surface area contributed by atoms with Crippen LogP contribution in [0.1, 0.15) is 37.8 Å². The van der Waals surface area contributed by atoms with Crippen LogP contribution in [0.15, 0.2) is 28.8 Å². The van der Waals surface area contributed by atoms with Crippen LogP contribution >= 0.6 is 0 Å². The van der Waals surface area contributed by atoms with Crippen LogP contribution in [-0.2, 0) is 7.05 Å². The zero-order chi connectivity index (χ0) is 20.1. The Bertz CT molecular complexity index is 1060. The van der Waals surface area contributed by atoms with Gasteiger partial charge in [-0.3, -0.25) is 9.48 Å². The van der Waals surface area contributed by atoms with Crippen molar-refractivity contribution in [3.63, 3.8) is 0 Å². The summed E-state index contributed by atoms with van der Waals surface area (Å²) in [5.74, 6) is 0.0780. The van der Waals surface area contributed by atoms with Crippen molar-refractivity contribution in [3.8, 4) is 17.1 Å². The van der Waals surface area contributed by atoms with Crippen LogP contribution in [0.3, 0.4) is 0 Å². The van der Waals surface area contributed by atoms with Crippen molar-refractivity contribution >= 4 is 5.91 Å². The van der Waals surface area contributed by atoms with E-state index in [0.29, 0.717) is 17.0 Å². The lowest BCUT2D eigenvalue weighted by Crippen LogP contribution is -2.30. The molecule has 1 atom stereocenters. The molecule has 8 nitrogen and oxygen atoms in total. The number of ether oxygens (including phenoxy) is 1. The van der Waals surface area contributed by atoms with E-state index in [4.69, 9.17) is 13.4 Å². The number of carbonyl (C=O) groups is 1. The van der Waals surface area contributed by atoms with Gasteiger partial charge in [0.05, 0.1) is 11.7 Å². The molecule has 0 fully saturated rings. The molecule has 0 radical (unpaired) electrons. The summed E-state index contributed by atoms with van der Waals surface area (Å²) in [5.41, 5.74) is 2.60. The molecule has 3 heterocycles. The Morgan fingerprint density at radius 2 is 2.32 bits per heavy atom. The van der Waals surface area contributed by atoms with E-state index < -0.39 is 12.7 Å². The lowest BCUT2D eigenvalue weighted by atomic mass is 10.1. The highest BCUT2D eigenvalue weighted by Crippen LogP contribution is 2.35. The number of benzene rings is 1. The third kappa shape index (κ3) is 2.75. The Morgan fingerprint density at radius 3 is 3.04 bits per heavy atom. The molecule has 1 amide bonds. The monoisotopic (exact) mass is 342 g/mol. The second-order valence-corrected chi connectivity index (χ2v) is 5.81. The smallest absolute Gasteiger partial charge is 0.270 e. The van der Waals surface area contributed by atoms with Crippen LogP contribution in [0, 0.1) is 13.8 Å². The normalized spacial score (nSPS) is 18.0. The standard InChI is InChI=1S/C17H17N5O3/c1-9-6-14(22(3)20-9)17(23)19-13-8-24-15-7-11(4-5-12(13)15)16-18-10(2)25-21-16/h4-7,13H,8H2,1-3H3,(H,19,23)/t13-/m1/s1/i2D3. The molecule has 0 bridgehead atoms. The van der Waals surface area contributed by atoms with E-state index in [1.165, 1.54) is 4.68 Å². The topological polar surface area (TPSA) is 95.1 Å². The summed E-state index contributed by atoms with van der Waals surface area (Å²) in [6, 6.07) is 6.63. The second kappa shape index (κ2) is 5.73. The first kappa shape index (κ1) is 12.2. The van der Waals surface area contributed by atoms with Crippen LogP contribution in [0.5, 0.6) is 5.75 Å².